The Hall–Kier alpha value is -0.740. The Kier molecular flexibility index (Phi) is 2.30. The first-order valence-electron chi connectivity index (χ1n) is 3.78. The summed E-state index contributed by atoms with van der Waals surface area (Å²) in [5, 5.41) is 5.11. The minimum absolute atomic E-state index is 0.0357. The molecule has 0 saturated heterocycles. The van der Waals surface area contributed by atoms with Gasteiger partial charge in [0.2, 0.25) is 0 Å². The Bertz CT molecular complexity index is 186. The van der Waals surface area contributed by atoms with Crippen LogP contribution in [0.5, 0.6) is 0 Å². The van der Waals surface area contributed by atoms with E-state index in [0.717, 1.165) is 6.21 Å². The number of alkyl halides is 3. The minimum atomic E-state index is -4.15. The number of hydrogen-bond acceptors (Lipinski definition) is 2. The topological polar surface area (TPSA) is 15.6 Å². The third kappa shape index (κ3) is 1.89. The van der Waals surface area contributed by atoms with Gasteiger partial charge in [-0.05, 0) is 13.8 Å². The van der Waals surface area contributed by atoms with E-state index in [-0.39, 0.29) is 12.6 Å². The monoisotopic (exact) mass is 180 g/mol. The highest BCUT2D eigenvalue weighted by molar-refractivity contribution is 5.63. The smallest absolute Gasteiger partial charge is 0.294 e. The van der Waals surface area contributed by atoms with Gasteiger partial charge in [0.15, 0.2) is 0 Å². The van der Waals surface area contributed by atoms with Crippen molar-refractivity contribution in [2.24, 2.45) is 11.0 Å². The quantitative estimate of drug-likeness (QED) is 0.601. The Labute approximate surface area is 69.0 Å². The molecular weight excluding hydrogens is 169 g/mol. The first kappa shape index (κ1) is 9.35. The third-order valence-electron chi connectivity index (χ3n) is 1.80. The first-order chi connectivity index (χ1) is 5.41. The van der Waals surface area contributed by atoms with Crippen molar-refractivity contribution in [3.8, 4) is 0 Å². The lowest BCUT2D eigenvalue weighted by atomic mass is 10.1. The van der Waals surface area contributed by atoms with E-state index < -0.39 is 12.1 Å². The fourth-order valence-corrected chi connectivity index (χ4v) is 0.994. The van der Waals surface area contributed by atoms with Crippen molar-refractivity contribution >= 4 is 6.21 Å². The van der Waals surface area contributed by atoms with E-state index in [1.807, 2.05) is 13.8 Å². The molecule has 1 rings (SSSR count). The molecule has 1 aliphatic heterocycles. The van der Waals surface area contributed by atoms with E-state index in [1.54, 1.807) is 0 Å². The molecule has 0 aromatic rings. The molecule has 1 heterocycles. The molecule has 0 spiro atoms. The van der Waals surface area contributed by atoms with Gasteiger partial charge in [0.05, 0.1) is 6.54 Å². The average molecular weight is 180 g/mol. The van der Waals surface area contributed by atoms with Gasteiger partial charge >= 0.3 is 6.18 Å². The van der Waals surface area contributed by atoms with Crippen LogP contribution in [0, 0.1) is 5.92 Å². The largest absolute Gasteiger partial charge is 0.398 e. The van der Waals surface area contributed by atoms with Gasteiger partial charge in [-0.15, -0.1) is 0 Å². The van der Waals surface area contributed by atoms with Crippen molar-refractivity contribution in [3.63, 3.8) is 0 Å². The first-order valence-corrected chi connectivity index (χ1v) is 3.78. The molecule has 0 aromatic carbocycles. The molecule has 0 N–H and O–H groups in total. The van der Waals surface area contributed by atoms with E-state index in [1.165, 1.54) is 5.01 Å². The summed E-state index contributed by atoms with van der Waals surface area (Å²) in [6, 6.07) is 0.0357. The molecule has 1 unspecified atom stereocenters. The maximum Gasteiger partial charge on any atom is 0.398 e. The van der Waals surface area contributed by atoms with Crippen LogP contribution in [0.25, 0.3) is 0 Å². The summed E-state index contributed by atoms with van der Waals surface area (Å²) in [6.07, 6.45) is -3.17. The number of halogens is 3. The highest BCUT2D eigenvalue weighted by atomic mass is 19.4. The fourth-order valence-electron chi connectivity index (χ4n) is 0.994. The Morgan fingerprint density at radius 2 is 2.08 bits per heavy atom. The second-order valence-corrected chi connectivity index (χ2v) is 3.13. The summed E-state index contributed by atoms with van der Waals surface area (Å²) in [7, 11) is 0. The molecule has 0 bridgehead atoms. The maximum absolute atomic E-state index is 12.1. The molecule has 0 aromatic heterocycles. The van der Waals surface area contributed by atoms with Crippen LogP contribution < -0.4 is 0 Å². The van der Waals surface area contributed by atoms with Gasteiger partial charge in [-0.3, -0.25) is 5.01 Å². The van der Waals surface area contributed by atoms with Crippen molar-refractivity contribution in [2.75, 3.05) is 6.54 Å². The van der Waals surface area contributed by atoms with Crippen LogP contribution in [0.4, 0.5) is 13.2 Å². The van der Waals surface area contributed by atoms with Crippen LogP contribution in [0.1, 0.15) is 13.8 Å². The van der Waals surface area contributed by atoms with Gasteiger partial charge in [-0.2, -0.15) is 18.3 Å². The van der Waals surface area contributed by atoms with Crippen LogP contribution in [-0.2, 0) is 0 Å². The third-order valence-corrected chi connectivity index (χ3v) is 1.80. The summed E-state index contributed by atoms with van der Waals surface area (Å²) in [5.41, 5.74) is 0. The zero-order chi connectivity index (χ0) is 9.35. The summed E-state index contributed by atoms with van der Waals surface area (Å²) >= 11 is 0. The van der Waals surface area contributed by atoms with E-state index in [9.17, 15) is 13.2 Å². The van der Waals surface area contributed by atoms with Gasteiger partial charge in [0.1, 0.15) is 5.92 Å². The molecule has 0 amide bonds. The number of nitrogens with zero attached hydrogens (tertiary/aromatic N) is 2. The molecule has 0 radical (unpaired) electrons. The number of rotatable bonds is 1. The van der Waals surface area contributed by atoms with Crippen LogP contribution in [0.3, 0.4) is 0 Å². The molecule has 70 valence electrons. The molecule has 0 saturated carbocycles. The number of hydrogen-bond donors (Lipinski definition) is 0. The summed E-state index contributed by atoms with van der Waals surface area (Å²) in [5.74, 6) is -1.39. The highest BCUT2D eigenvalue weighted by Gasteiger charge is 2.42. The minimum Gasteiger partial charge on any atom is -0.294 e. The van der Waals surface area contributed by atoms with Crippen LogP contribution in [-0.4, -0.2) is 30.0 Å². The van der Waals surface area contributed by atoms with Crippen molar-refractivity contribution < 1.29 is 13.2 Å². The Morgan fingerprint density at radius 1 is 1.50 bits per heavy atom. The zero-order valence-electron chi connectivity index (χ0n) is 6.97. The standard InChI is InChI=1S/C7H11F3N2/c1-5(2)12-4-6(3-11-12)7(8,9)10/h3,5-6H,4H2,1-2H3. The van der Waals surface area contributed by atoms with Gasteiger partial charge < -0.3 is 0 Å². The molecule has 0 fully saturated rings. The van der Waals surface area contributed by atoms with Crippen molar-refractivity contribution in [1.29, 1.82) is 0 Å². The second-order valence-electron chi connectivity index (χ2n) is 3.13. The van der Waals surface area contributed by atoms with Crippen LogP contribution >= 0.6 is 0 Å². The lowest BCUT2D eigenvalue weighted by Gasteiger charge is -2.20. The molecule has 1 aliphatic rings. The fraction of sp³-hybridized carbons (Fsp3) is 0.857. The van der Waals surface area contributed by atoms with Gasteiger partial charge in [0, 0.05) is 12.3 Å². The molecule has 5 heteroatoms. The van der Waals surface area contributed by atoms with Crippen molar-refractivity contribution in [3.05, 3.63) is 0 Å². The molecule has 1 atom stereocenters. The predicted octanol–water partition coefficient (Wildman–Crippen LogP) is 1.87. The summed E-state index contributed by atoms with van der Waals surface area (Å²) in [6.45, 7) is 3.59. The van der Waals surface area contributed by atoms with Crippen LogP contribution in [0.15, 0.2) is 5.10 Å². The zero-order valence-corrected chi connectivity index (χ0v) is 6.97. The Balaban J connectivity index is 2.54. The highest BCUT2D eigenvalue weighted by Crippen LogP contribution is 2.29. The van der Waals surface area contributed by atoms with E-state index in [4.69, 9.17) is 0 Å². The van der Waals surface area contributed by atoms with Crippen LogP contribution in [0.2, 0.25) is 0 Å². The Morgan fingerprint density at radius 3 is 2.33 bits per heavy atom. The SMILES string of the molecule is CC(C)N1CC(C(F)(F)F)C=N1. The van der Waals surface area contributed by atoms with Crippen molar-refractivity contribution in [2.45, 2.75) is 26.1 Å². The molecule has 12 heavy (non-hydrogen) atoms. The lowest BCUT2D eigenvalue weighted by molar-refractivity contribution is -0.155. The van der Waals surface area contributed by atoms with Gasteiger partial charge in [-0.25, -0.2) is 0 Å². The average Bonchev–Trinajstić information content (AvgIpc) is 2.30. The summed E-state index contributed by atoms with van der Waals surface area (Å²) < 4.78 is 36.2. The number of hydrazone groups is 1. The van der Waals surface area contributed by atoms with Gasteiger partial charge in [0.25, 0.3) is 0 Å². The second kappa shape index (κ2) is 2.95. The van der Waals surface area contributed by atoms with Crippen molar-refractivity contribution in [1.82, 2.24) is 5.01 Å². The molecule has 0 aliphatic carbocycles. The normalized spacial score (nSPS) is 24.2. The van der Waals surface area contributed by atoms with E-state index >= 15 is 0 Å². The lowest BCUT2D eigenvalue weighted by Crippen LogP contribution is -2.32. The maximum atomic E-state index is 12.1. The molecule has 2 nitrogen and oxygen atoms in total. The van der Waals surface area contributed by atoms with E-state index in [0.29, 0.717) is 0 Å². The summed E-state index contributed by atoms with van der Waals surface area (Å²) in [4.78, 5) is 0. The molecular formula is C7H11F3N2. The van der Waals surface area contributed by atoms with Gasteiger partial charge in [-0.1, -0.05) is 0 Å². The predicted molar refractivity (Wildman–Crippen MR) is 39.9 cm³/mol. The van der Waals surface area contributed by atoms with E-state index in [2.05, 4.69) is 5.10 Å².